The average Bonchev–Trinajstić information content (AvgIpc) is 2.68. The lowest BCUT2D eigenvalue weighted by Gasteiger charge is -2.22. The van der Waals surface area contributed by atoms with Crippen molar-refractivity contribution in [3.8, 4) is 5.75 Å². The highest BCUT2D eigenvalue weighted by atomic mass is 127. The molecule has 2 aromatic carbocycles. The van der Waals surface area contributed by atoms with E-state index >= 15 is 0 Å². The molecule has 0 aliphatic carbocycles. The normalized spacial score (nSPS) is 10.8. The molecule has 6 nitrogen and oxygen atoms in total. The van der Waals surface area contributed by atoms with Crippen LogP contribution in [0.15, 0.2) is 53.5 Å². The highest BCUT2D eigenvalue weighted by Crippen LogP contribution is 2.12. The third-order valence-electron chi connectivity index (χ3n) is 4.20. The van der Waals surface area contributed by atoms with Gasteiger partial charge in [-0.05, 0) is 43.5 Å². The highest BCUT2D eigenvalue weighted by molar-refractivity contribution is 14.0. The first kappa shape index (κ1) is 24.7. The first-order chi connectivity index (χ1) is 13.5. The second-order valence-corrected chi connectivity index (χ2v) is 6.73. The van der Waals surface area contributed by atoms with Gasteiger partial charge in [-0.2, -0.15) is 0 Å². The van der Waals surface area contributed by atoms with Crippen LogP contribution >= 0.6 is 24.0 Å². The molecule has 0 saturated heterocycles. The van der Waals surface area contributed by atoms with Crippen molar-refractivity contribution in [1.29, 1.82) is 0 Å². The van der Waals surface area contributed by atoms with E-state index in [1.165, 1.54) is 11.1 Å². The molecule has 1 amide bonds. The van der Waals surface area contributed by atoms with E-state index in [1.807, 2.05) is 31.3 Å². The maximum Gasteiger partial charge on any atom is 0.255 e. The van der Waals surface area contributed by atoms with Gasteiger partial charge in [-0.15, -0.1) is 24.0 Å². The Morgan fingerprint density at radius 2 is 1.72 bits per heavy atom. The van der Waals surface area contributed by atoms with Crippen molar-refractivity contribution >= 4 is 35.8 Å². The Morgan fingerprint density at radius 3 is 2.31 bits per heavy atom. The van der Waals surface area contributed by atoms with Crippen LogP contribution in [0.2, 0.25) is 0 Å². The molecule has 0 fully saturated rings. The van der Waals surface area contributed by atoms with Crippen LogP contribution in [0.25, 0.3) is 0 Å². The monoisotopic (exact) mass is 510 g/mol. The van der Waals surface area contributed by atoms with Gasteiger partial charge in [-0.3, -0.25) is 9.79 Å². The van der Waals surface area contributed by atoms with Crippen molar-refractivity contribution in [3.05, 3.63) is 65.2 Å². The van der Waals surface area contributed by atoms with Crippen molar-refractivity contribution in [1.82, 2.24) is 10.2 Å². The number of carbonyl (C=O) groups is 1. The smallest absolute Gasteiger partial charge is 0.255 e. The lowest BCUT2D eigenvalue weighted by molar-refractivity contribution is -0.119. The summed E-state index contributed by atoms with van der Waals surface area (Å²) < 4.78 is 5.27. The van der Waals surface area contributed by atoms with Crippen LogP contribution in [0.5, 0.6) is 5.75 Å². The van der Waals surface area contributed by atoms with Gasteiger partial charge in [0.05, 0.1) is 0 Å². The summed E-state index contributed by atoms with van der Waals surface area (Å²) in [6.07, 6.45) is 0.823. The fraction of sp³-hybridized carbons (Fsp3) is 0.364. The van der Waals surface area contributed by atoms with Gasteiger partial charge in [0.25, 0.3) is 5.91 Å². The summed E-state index contributed by atoms with van der Waals surface area (Å²) in [4.78, 5) is 17.6. The van der Waals surface area contributed by atoms with Gasteiger partial charge in [0, 0.05) is 26.7 Å². The lowest BCUT2D eigenvalue weighted by Crippen LogP contribution is -2.38. The number of halogens is 1. The van der Waals surface area contributed by atoms with Gasteiger partial charge >= 0.3 is 0 Å². The molecule has 0 heterocycles. The van der Waals surface area contributed by atoms with Crippen LogP contribution < -0.4 is 15.8 Å². The molecule has 0 saturated carbocycles. The van der Waals surface area contributed by atoms with Gasteiger partial charge in [0.2, 0.25) is 0 Å². The van der Waals surface area contributed by atoms with Crippen LogP contribution in [-0.2, 0) is 17.8 Å². The Balaban J connectivity index is 0.00000420. The summed E-state index contributed by atoms with van der Waals surface area (Å²) in [7, 11) is 2.05. The molecular weight excluding hydrogens is 479 g/mol. The zero-order chi connectivity index (χ0) is 20.4. The highest BCUT2D eigenvalue weighted by Gasteiger charge is 2.06. The molecule has 29 heavy (non-hydrogen) atoms. The first-order valence-corrected chi connectivity index (χ1v) is 9.53. The van der Waals surface area contributed by atoms with Crippen LogP contribution in [-0.4, -0.2) is 43.5 Å². The van der Waals surface area contributed by atoms with E-state index in [9.17, 15) is 4.79 Å². The second kappa shape index (κ2) is 13.0. The summed E-state index contributed by atoms with van der Waals surface area (Å²) in [6, 6.07) is 16.2. The number of carbonyl (C=O) groups excluding carboxylic acids is 1. The Morgan fingerprint density at radius 1 is 1.10 bits per heavy atom. The van der Waals surface area contributed by atoms with Crippen molar-refractivity contribution in [2.24, 2.45) is 10.7 Å². The summed E-state index contributed by atoms with van der Waals surface area (Å²) in [5.41, 5.74) is 8.76. The van der Waals surface area contributed by atoms with Gasteiger partial charge in [-0.1, -0.05) is 42.0 Å². The van der Waals surface area contributed by atoms with Crippen LogP contribution in [0.1, 0.15) is 23.6 Å². The van der Waals surface area contributed by atoms with E-state index in [4.69, 9.17) is 15.5 Å². The van der Waals surface area contributed by atoms with E-state index < -0.39 is 5.91 Å². The quantitative estimate of drug-likeness (QED) is 0.309. The molecular formula is C22H31IN4O2. The molecule has 0 aliphatic heterocycles. The minimum absolute atomic E-state index is 0. The second-order valence-electron chi connectivity index (χ2n) is 6.73. The van der Waals surface area contributed by atoms with E-state index in [0.29, 0.717) is 12.3 Å². The van der Waals surface area contributed by atoms with E-state index in [-0.39, 0.29) is 30.6 Å². The topological polar surface area (TPSA) is 80.0 Å². The summed E-state index contributed by atoms with van der Waals surface area (Å²) >= 11 is 0. The number of benzene rings is 2. The summed E-state index contributed by atoms with van der Waals surface area (Å²) in [5.74, 6) is 1.05. The Kier molecular flexibility index (Phi) is 11.1. The van der Waals surface area contributed by atoms with Crippen molar-refractivity contribution in [3.63, 3.8) is 0 Å². The number of nitrogens with two attached hydrogens (primary N) is 1. The molecule has 7 heteroatoms. The zero-order valence-electron chi connectivity index (χ0n) is 17.4. The Bertz CT molecular complexity index is 776. The summed E-state index contributed by atoms with van der Waals surface area (Å²) in [5, 5.41) is 3.35. The Hall–Kier alpha value is -2.29. The van der Waals surface area contributed by atoms with E-state index in [1.54, 1.807) is 0 Å². The molecule has 158 valence electrons. The maximum atomic E-state index is 10.8. The molecule has 0 spiro atoms. The fourth-order valence-corrected chi connectivity index (χ4v) is 2.71. The third-order valence-corrected chi connectivity index (χ3v) is 4.20. The van der Waals surface area contributed by atoms with E-state index in [0.717, 1.165) is 31.0 Å². The van der Waals surface area contributed by atoms with Crippen molar-refractivity contribution in [2.45, 2.75) is 26.8 Å². The Labute approximate surface area is 190 Å². The number of aryl methyl sites for hydroxylation is 1. The number of guanidine groups is 1. The number of rotatable bonds is 9. The van der Waals surface area contributed by atoms with Crippen LogP contribution in [0.3, 0.4) is 0 Å². The largest absolute Gasteiger partial charge is 0.484 e. The molecule has 0 radical (unpaired) electrons. The number of ether oxygens (including phenoxy) is 1. The molecule has 0 unspecified atom stereocenters. The molecule has 2 rings (SSSR count). The predicted octanol–water partition coefficient (Wildman–Crippen LogP) is 3.12. The van der Waals surface area contributed by atoms with Gasteiger partial charge < -0.3 is 20.7 Å². The maximum absolute atomic E-state index is 10.8. The standard InChI is InChI=1S/C22H30N4O2.HI/c1-4-24-22(26(3)15-19-7-5-17(2)6-8-19)25-14-13-18-9-11-20(12-10-18)28-16-21(23)27;/h5-12H,4,13-16H2,1-3H3,(H2,23,27)(H,24,25);1H. The first-order valence-electron chi connectivity index (χ1n) is 9.53. The van der Waals surface area contributed by atoms with Crippen molar-refractivity contribution in [2.75, 3.05) is 26.7 Å². The van der Waals surface area contributed by atoms with Gasteiger partial charge in [0.1, 0.15) is 5.75 Å². The molecule has 0 atom stereocenters. The predicted molar refractivity (Wildman–Crippen MR) is 129 cm³/mol. The minimum Gasteiger partial charge on any atom is -0.484 e. The molecule has 0 bridgehead atoms. The average molecular weight is 510 g/mol. The van der Waals surface area contributed by atoms with Gasteiger partial charge in [-0.25, -0.2) is 0 Å². The van der Waals surface area contributed by atoms with E-state index in [2.05, 4.69) is 48.3 Å². The van der Waals surface area contributed by atoms with Crippen LogP contribution in [0.4, 0.5) is 0 Å². The lowest BCUT2D eigenvalue weighted by atomic mass is 10.1. The zero-order valence-corrected chi connectivity index (χ0v) is 19.7. The number of hydrogen-bond acceptors (Lipinski definition) is 3. The minimum atomic E-state index is -0.482. The van der Waals surface area contributed by atoms with Gasteiger partial charge in [0.15, 0.2) is 12.6 Å². The number of amides is 1. The summed E-state index contributed by atoms with van der Waals surface area (Å²) in [6.45, 7) is 6.36. The molecule has 0 aliphatic rings. The number of aliphatic imine (C=N–C) groups is 1. The molecule has 0 aromatic heterocycles. The molecule has 3 N–H and O–H groups in total. The molecule has 2 aromatic rings. The fourth-order valence-electron chi connectivity index (χ4n) is 2.71. The number of nitrogens with one attached hydrogen (secondary N) is 1. The number of primary amides is 1. The van der Waals surface area contributed by atoms with Crippen LogP contribution in [0, 0.1) is 6.92 Å². The number of nitrogens with zero attached hydrogens (tertiary/aromatic N) is 2. The third kappa shape index (κ3) is 9.17. The number of hydrogen-bond donors (Lipinski definition) is 2. The van der Waals surface area contributed by atoms with Crippen molar-refractivity contribution < 1.29 is 9.53 Å². The SMILES string of the molecule is CCNC(=NCCc1ccc(OCC(N)=O)cc1)N(C)Cc1ccc(C)cc1.I.